The summed E-state index contributed by atoms with van der Waals surface area (Å²) in [4.78, 5) is 12.9. The van der Waals surface area contributed by atoms with Crippen LogP contribution in [0.15, 0.2) is 0 Å². The zero-order chi connectivity index (χ0) is 11.5. The van der Waals surface area contributed by atoms with E-state index in [1.54, 1.807) is 6.92 Å². The Morgan fingerprint density at radius 2 is 2.40 bits per heavy atom. The fourth-order valence-corrected chi connectivity index (χ4v) is 1.70. The summed E-state index contributed by atoms with van der Waals surface area (Å²) in [5, 5.41) is 8.91. The number of carboxylic acids is 1. The first-order valence-corrected chi connectivity index (χ1v) is 5.32. The number of nitrogens with zero attached hydrogens (tertiary/aromatic N) is 1. The van der Waals surface area contributed by atoms with Gasteiger partial charge in [-0.05, 0) is 13.3 Å². The largest absolute Gasteiger partial charge is 0.480 e. The molecule has 0 aromatic heterocycles. The molecule has 0 aromatic carbocycles. The molecule has 5 nitrogen and oxygen atoms in total. The predicted molar refractivity (Wildman–Crippen MR) is 56.7 cm³/mol. The van der Waals surface area contributed by atoms with Crippen LogP contribution in [0.3, 0.4) is 0 Å². The van der Waals surface area contributed by atoms with Gasteiger partial charge < -0.3 is 15.6 Å². The van der Waals surface area contributed by atoms with E-state index in [1.165, 1.54) is 0 Å². The zero-order valence-corrected chi connectivity index (χ0v) is 9.40. The Kier molecular flexibility index (Phi) is 4.07. The van der Waals surface area contributed by atoms with Crippen molar-refractivity contribution < 1.29 is 14.6 Å². The Labute approximate surface area is 90.2 Å². The van der Waals surface area contributed by atoms with Crippen LogP contribution in [0, 0.1) is 0 Å². The van der Waals surface area contributed by atoms with E-state index in [-0.39, 0.29) is 6.10 Å². The molecule has 1 aliphatic rings. The molecule has 0 amide bonds. The van der Waals surface area contributed by atoms with Gasteiger partial charge in [-0.1, -0.05) is 6.92 Å². The first kappa shape index (κ1) is 12.4. The maximum absolute atomic E-state index is 10.9. The van der Waals surface area contributed by atoms with Crippen molar-refractivity contribution in [3.8, 4) is 0 Å². The van der Waals surface area contributed by atoms with E-state index in [1.807, 2.05) is 0 Å². The average Bonchev–Trinajstić information content (AvgIpc) is 2.17. The summed E-state index contributed by atoms with van der Waals surface area (Å²) in [5.41, 5.74) is 4.52. The minimum Gasteiger partial charge on any atom is -0.480 e. The van der Waals surface area contributed by atoms with Gasteiger partial charge in [0.2, 0.25) is 0 Å². The predicted octanol–water partition coefficient (Wildman–Crippen LogP) is -0.101. The number of hydrogen-bond donors (Lipinski definition) is 2. The van der Waals surface area contributed by atoms with Gasteiger partial charge in [0.05, 0.1) is 12.7 Å². The van der Waals surface area contributed by atoms with Crippen LogP contribution in [0.5, 0.6) is 0 Å². The lowest BCUT2D eigenvalue weighted by Gasteiger charge is -2.35. The fraction of sp³-hybridized carbons (Fsp3) is 0.900. The third-order valence-electron chi connectivity index (χ3n) is 2.72. The van der Waals surface area contributed by atoms with E-state index in [9.17, 15) is 4.79 Å². The molecule has 5 heteroatoms. The molecule has 0 aromatic rings. The highest BCUT2D eigenvalue weighted by Crippen LogP contribution is 2.11. The van der Waals surface area contributed by atoms with E-state index >= 15 is 0 Å². The molecule has 0 spiro atoms. The maximum Gasteiger partial charge on any atom is 0.324 e. The lowest BCUT2D eigenvalue weighted by molar-refractivity contribution is -0.144. The van der Waals surface area contributed by atoms with Crippen molar-refractivity contribution in [2.45, 2.75) is 31.9 Å². The Hall–Kier alpha value is -0.650. The second kappa shape index (κ2) is 4.92. The number of ether oxygens (including phenoxy) is 1. The maximum atomic E-state index is 10.9. The van der Waals surface area contributed by atoms with Crippen LogP contribution in [0.25, 0.3) is 0 Å². The van der Waals surface area contributed by atoms with E-state index in [2.05, 4.69) is 11.8 Å². The SMILES string of the molecule is CCC1CN(CC(C)(N)C(=O)O)CCO1. The van der Waals surface area contributed by atoms with Gasteiger partial charge >= 0.3 is 5.97 Å². The summed E-state index contributed by atoms with van der Waals surface area (Å²) >= 11 is 0. The first-order valence-electron chi connectivity index (χ1n) is 5.32. The Balaban J connectivity index is 2.47. The first-order chi connectivity index (χ1) is 6.95. The fourth-order valence-electron chi connectivity index (χ4n) is 1.70. The second-order valence-electron chi connectivity index (χ2n) is 4.36. The highest BCUT2D eigenvalue weighted by atomic mass is 16.5. The summed E-state index contributed by atoms with van der Waals surface area (Å²) in [6.07, 6.45) is 1.16. The van der Waals surface area contributed by atoms with E-state index in [0.717, 1.165) is 19.5 Å². The van der Waals surface area contributed by atoms with Gasteiger partial charge in [-0.2, -0.15) is 0 Å². The molecule has 2 unspecified atom stereocenters. The Morgan fingerprint density at radius 3 is 2.93 bits per heavy atom. The summed E-state index contributed by atoms with van der Waals surface area (Å²) in [6.45, 7) is 6.18. The molecule has 0 aliphatic carbocycles. The smallest absolute Gasteiger partial charge is 0.324 e. The van der Waals surface area contributed by atoms with Gasteiger partial charge in [-0.25, -0.2) is 0 Å². The molecule has 1 rings (SSSR count). The van der Waals surface area contributed by atoms with Crippen molar-refractivity contribution >= 4 is 5.97 Å². The van der Waals surface area contributed by atoms with Crippen molar-refractivity contribution in [3.05, 3.63) is 0 Å². The normalized spacial score (nSPS) is 27.3. The summed E-state index contributed by atoms with van der Waals surface area (Å²) in [6, 6.07) is 0. The number of nitrogens with two attached hydrogens (primary N) is 1. The number of aliphatic carboxylic acids is 1. The number of rotatable bonds is 4. The lowest BCUT2D eigenvalue weighted by atomic mass is 10.0. The molecule has 2 atom stereocenters. The third-order valence-corrected chi connectivity index (χ3v) is 2.72. The monoisotopic (exact) mass is 216 g/mol. The van der Waals surface area contributed by atoms with Crippen LogP contribution in [0.2, 0.25) is 0 Å². The minimum atomic E-state index is -1.17. The van der Waals surface area contributed by atoms with Gasteiger partial charge in [-0.3, -0.25) is 9.69 Å². The van der Waals surface area contributed by atoms with Crippen LogP contribution in [-0.2, 0) is 9.53 Å². The van der Waals surface area contributed by atoms with Crippen molar-refractivity contribution in [1.82, 2.24) is 4.90 Å². The Bertz CT molecular complexity index is 231. The van der Waals surface area contributed by atoms with Gasteiger partial charge in [-0.15, -0.1) is 0 Å². The van der Waals surface area contributed by atoms with Gasteiger partial charge in [0.25, 0.3) is 0 Å². The van der Waals surface area contributed by atoms with Crippen molar-refractivity contribution in [1.29, 1.82) is 0 Å². The molecule has 1 heterocycles. The summed E-state index contributed by atoms with van der Waals surface area (Å²) < 4.78 is 5.50. The van der Waals surface area contributed by atoms with E-state index < -0.39 is 11.5 Å². The number of morpholine rings is 1. The van der Waals surface area contributed by atoms with Crippen molar-refractivity contribution in [2.75, 3.05) is 26.2 Å². The molecule has 88 valence electrons. The van der Waals surface area contributed by atoms with Crippen LogP contribution < -0.4 is 5.73 Å². The number of carboxylic acid groups (broad SMARTS) is 1. The van der Waals surface area contributed by atoms with Crippen molar-refractivity contribution in [2.24, 2.45) is 5.73 Å². The van der Waals surface area contributed by atoms with Crippen LogP contribution >= 0.6 is 0 Å². The number of carbonyl (C=O) groups is 1. The number of hydrogen-bond acceptors (Lipinski definition) is 4. The molecule has 0 saturated carbocycles. The molecule has 1 fully saturated rings. The molecule has 3 N–H and O–H groups in total. The van der Waals surface area contributed by atoms with Crippen LogP contribution in [-0.4, -0.2) is 53.9 Å². The van der Waals surface area contributed by atoms with Gasteiger partial charge in [0.15, 0.2) is 0 Å². The van der Waals surface area contributed by atoms with Crippen LogP contribution in [0.4, 0.5) is 0 Å². The van der Waals surface area contributed by atoms with E-state index in [0.29, 0.717) is 13.2 Å². The minimum absolute atomic E-state index is 0.211. The third kappa shape index (κ3) is 3.44. The van der Waals surface area contributed by atoms with E-state index in [4.69, 9.17) is 15.6 Å². The molecular weight excluding hydrogens is 196 g/mol. The second-order valence-corrected chi connectivity index (χ2v) is 4.36. The van der Waals surface area contributed by atoms with Crippen LogP contribution in [0.1, 0.15) is 20.3 Å². The molecule has 0 bridgehead atoms. The molecule has 15 heavy (non-hydrogen) atoms. The van der Waals surface area contributed by atoms with Gasteiger partial charge in [0.1, 0.15) is 5.54 Å². The molecule has 1 saturated heterocycles. The van der Waals surface area contributed by atoms with Crippen molar-refractivity contribution in [3.63, 3.8) is 0 Å². The molecular formula is C10H20N2O3. The standard InChI is InChI=1S/C10H20N2O3/c1-3-8-6-12(4-5-15-8)7-10(2,11)9(13)14/h8H,3-7,11H2,1-2H3,(H,13,14). The molecule has 1 aliphatic heterocycles. The highest BCUT2D eigenvalue weighted by Gasteiger charge is 2.32. The van der Waals surface area contributed by atoms with Gasteiger partial charge in [0, 0.05) is 19.6 Å². The highest BCUT2D eigenvalue weighted by molar-refractivity contribution is 5.78. The topological polar surface area (TPSA) is 75.8 Å². The lowest BCUT2D eigenvalue weighted by Crippen LogP contribution is -2.56. The summed E-state index contributed by atoms with van der Waals surface area (Å²) in [5.74, 6) is -0.956. The average molecular weight is 216 g/mol. The molecule has 0 radical (unpaired) electrons. The quantitative estimate of drug-likeness (QED) is 0.686. The zero-order valence-electron chi connectivity index (χ0n) is 9.40. The Morgan fingerprint density at radius 1 is 1.73 bits per heavy atom. The summed E-state index contributed by atoms with van der Waals surface area (Å²) in [7, 11) is 0.